The zero-order valence-electron chi connectivity index (χ0n) is 10.6. The fraction of sp³-hybridized carbons (Fsp3) is 0.133. The number of pyridine rings is 1. The Balaban J connectivity index is 1.91. The lowest BCUT2D eigenvalue weighted by Crippen LogP contribution is -2.27. The molecule has 2 aromatic rings. The molecule has 0 N–H and O–H groups in total. The third-order valence-corrected chi connectivity index (χ3v) is 3.36. The lowest BCUT2D eigenvalue weighted by molar-refractivity contribution is -0.255. The molecule has 0 bridgehead atoms. The average molecular weight is 267 g/mol. The standard InChI is InChI=1S/C15H12N2O3/c18-14-13-11(2-1-3-12(13)15(19)20)9-17(14)8-10-4-6-16-7-5-10/h1-7H,8-9H2,(H,19,20)/p-1. The summed E-state index contributed by atoms with van der Waals surface area (Å²) in [5.74, 6) is -1.59. The molecule has 0 spiro atoms. The smallest absolute Gasteiger partial charge is 0.255 e. The molecule has 0 radical (unpaired) electrons. The number of aromatic carboxylic acids is 1. The predicted molar refractivity (Wildman–Crippen MR) is 68.6 cm³/mol. The number of carboxylic acids is 1. The van der Waals surface area contributed by atoms with Crippen molar-refractivity contribution < 1.29 is 14.7 Å². The van der Waals surface area contributed by atoms with Gasteiger partial charge in [-0.05, 0) is 23.3 Å². The Kier molecular flexibility index (Phi) is 2.95. The molecule has 1 aromatic heterocycles. The maximum absolute atomic E-state index is 12.3. The average Bonchev–Trinajstić information content (AvgIpc) is 2.77. The van der Waals surface area contributed by atoms with Crippen molar-refractivity contribution in [1.82, 2.24) is 9.88 Å². The number of hydrogen-bond acceptors (Lipinski definition) is 4. The highest BCUT2D eigenvalue weighted by Crippen LogP contribution is 2.27. The van der Waals surface area contributed by atoms with Crippen molar-refractivity contribution in [3.8, 4) is 0 Å². The van der Waals surface area contributed by atoms with Gasteiger partial charge in [0.2, 0.25) is 0 Å². The maximum Gasteiger partial charge on any atom is 0.255 e. The molecule has 3 rings (SSSR count). The van der Waals surface area contributed by atoms with Crippen LogP contribution in [0.25, 0.3) is 0 Å². The van der Waals surface area contributed by atoms with Crippen molar-refractivity contribution in [3.63, 3.8) is 0 Å². The Morgan fingerprint density at radius 1 is 1.25 bits per heavy atom. The van der Waals surface area contributed by atoms with E-state index in [1.807, 2.05) is 12.1 Å². The van der Waals surface area contributed by atoms with E-state index >= 15 is 0 Å². The van der Waals surface area contributed by atoms with Crippen molar-refractivity contribution in [2.75, 3.05) is 0 Å². The van der Waals surface area contributed by atoms with Gasteiger partial charge in [-0.2, -0.15) is 0 Å². The van der Waals surface area contributed by atoms with Crippen molar-refractivity contribution in [2.45, 2.75) is 13.1 Å². The molecular weight excluding hydrogens is 256 g/mol. The van der Waals surface area contributed by atoms with Gasteiger partial charge in [-0.25, -0.2) is 0 Å². The topological polar surface area (TPSA) is 73.3 Å². The van der Waals surface area contributed by atoms with E-state index in [4.69, 9.17) is 0 Å². The molecule has 1 aliphatic rings. The zero-order valence-corrected chi connectivity index (χ0v) is 10.6. The van der Waals surface area contributed by atoms with Gasteiger partial charge in [0.15, 0.2) is 0 Å². The van der Waals surface area contributed by atoms with Crippen LogP contribution < -0.4 is 5.11 Å². The molecule has 0 unspecified atom stereocenters. The fourth-order valence-corrected chi connectivity index (χ4v) is 2.43. The van der Waals surface area contributed by atoms with Gasteiger partial charge in [-0.3, -0.25) is 9.78 Å². The van der Waals surface area contributed by atoms with E-state index in [1.54, 1.807) is 29.4 Å². The third-order valence-electron chi connectivity index (χ3n) is 3.36. The quantitative estimate of drug-likeness (QED) is 0.816. The number of carboxylic acid groups (broad SMARTS) is 1. The number of fused-ring (bicyclic) bond motifs is 1. The summed E-state index contributed by atoms with van der Waals surface area (Å²) in [6.45, 7) is 0.847. The number of hydrogen-bond donors (Lipinski definition) is 0. The van der Waals surface area contributed by atoms with Crippen molar-refractivity contribution in [3.05, 3.63) is 65.0 Å². The SMILES string of the molecule is O=C([O-])c1cccc2c1C(=O)N(Cc1ccncc1)C2. The molecule has 0 saturated carbocycles. The van der Waals surface area contributed by atoms with Crippen molar-refractivity contribution >= 4 is 11.9 Å². The van der Waals surface area contributed by atoms with E-state index in [0.29, 0.717) is 13.1 Å². The Labute approximate surface area is 115 Å². The molecule has 0 atom stereocenters. The van der Waals surface area contributed by atoms with E-state index < -0.39 is 5.97 Å². The van der Waals surface area contributed by atoms with Crippen LogP contribution in [0.5, 0.6) is 0 Å². The lowest BCUT2D eigenvalue weighted by atomic mass is 10.0. The second-order valence-corrected chi connectivity index (χ2v) is 4.64. The number of nitrogens with zero attached hydrogens (tertiary/aromatic N) is 2. The summed E-state index contributed by atoms with van der Waals surface area (Å²) >= 11 is 0. The first-order valence-electron chi connectivity index (χ1n) is 6.18. The number of aromatic nitrogens is 1. The highest BCUT2D eigenvalue weighted by Gasteiger charge is 2.29. The van der Waals surface area contributed by atoms with Gasteiger partial charge in [-0.1, -0.05) is 18.2 Å². The first-order chi connectivity index (χ1) is 9.66. The monoisotopic (exact) mass is 267 g/mol. The van der Waals surface area contributed by atoms with Crippen LogP contribution in [0.1, 0.15) is 31.8 Å². The molecule has 20 heavy (non-hydrogen) atoms. The van der Waals surface area contributed by atoms with E-state index in [9.17, 15) is 14.7 Å². The highest BCUT2D eigenvalue weighted by atomic mass is 16.4. The van der Waals surface area contributed by atoms with E-state index in [1.165, 1.54) is 6.07 Å². The second-order valence-electron chi connectivity index (χ2n) is 4.64. The molecule has 1 aliphatic heterocycles. The largest absolute Gasteiger partial charge is 0.545 e. The van der Waals surface area contributed by atoms with Gasteiger partial charge >= 0.3 is 0 Å². The van der Waals surface area contributed by atoms with E-state index in [0.717, 1.165) is 11.1 Å². The zero-order chi connectivity index (χ0) is 14.1. The summed E-state index contributed by atoms with van der Waals surface area (Å²) in [4.78, 5) is 29.0. The van der Waals surface area contributed by atoms with Gasteiger partial charge < -0.3 is 14.8 Å². The van der Waals surface area contributed by atoms with Gasteiger partial charge in [0.25, 0.3) is 5.91 Å². The minimum Gasteiger partial charge on any atom is -0.545 e. The van der Waals surface area contributed by atoms with Gasteiger partial charge in [0.05, 0.1) is 11.5 Å². The van der Waals surface area contributed by atoms with Crippen LogP contribution in [-0.4, -0.2) is 21.8 Å². The number of amides is 1. The summed E-state index contributed by atoms with van der Waals surface area (Å²) in [5, 5.41) is 11.1. The highest BCUT2D eigenvalue weighted by molar-refractivity contribution is 6.07. The maximum atomic E-state index is 12.3. The summed E-state index contributed by atoms with van der Waals surface area (Å²) in [5.41, 5.74) is 1.90. The fourth-order valence-electron chi connectivity index (χ4n) is 2.43. The first-order valence-corrected chi connectivity index (χ1v) is 6.18. The molecule has 2 heterocycles. The summed E-state index contributed by atoms with van der Waals surface area (Å²) in [7, 11) is 0. The minimum absolute atomic E-state index is 0.0373. The normalized spacial score (nSPS) is 13.4. The van der Waals surface area contributed by atoms with Crippen molar-refractivity contribution in [1.29, 1.82) is 0 Å². The molecule has 1 aromatic carbocycles. The molecule has 0 aliphatic carbocycles. The van der Waals surface area contributed by atoms with Crippen LogP contribution in [0.15, 0.2) is 42.7 Å². The lowest BCUT2D eigenvalue weighted by Gasteiger charge is -2.15. The number of carbonyl (C=O) groups is 2. The van der Waals surface area contributed by atoms with E-state index in [2.05, 4.69) is 4.98 Å². The van der Waals surface area contributed by atoms with Crippen LogP contribution in [-0.2, 0) is 13.1 Å². The molecule has 0 saturated heterocycles. The third kappa shape index (κ3) is 2.03. The first kappa shape index (κ1) is 12.3. The van der Waals surface area contributed by atoms with Crippen molar-refractivity contribution in [2.24, 2.45) is 0 Å². The molecule has 5 heteroatoms. The van der Waals surface area contributed by atoms with Gasteiger partial charge in [-0.15, -0.1) is 0 Å². The molecule has 1 amide bonds. The predicted octanol–water partition coefficient (Wildman–Crippen LogP) is 0.601. The number of carbonyl (C=O) groups excluding carboxylic acids is 2. The Morgan fingerprint density at radius 3 is 2.70 bits per heavy atom. The Hall–Kier alpha value is -2.69. The Morgan fingerprint density at radius 2 is 2.00 bits per heavy atom. The summed E-state index contributed by atoms with van der Waals surface area (Å²) in [6.07, 6.45) is 3.32. The summed E-state index contributed by atoms with van der Waals surface area (Å²) < 4.78 is 0. The van der Waals surface area contributed by atoms with Gasteiger partial charge in [0.1, 0.15) is 0 Å². The number of benzene rings is 1. The Bertz CT molecular complexity index is 683. The summed E-state index contributed by atoms with van der Waals surface area (Å²) in [6, 6.07) is 8.47. The van der Waals surface area contributed by atoms with Crippen LogP contribution in [0, 0.1) is 0 Å². The molecule has 5 nitrogen and oxygen atoms in total. The van der Waals surface area contributed by atoms with Crippen LogP contribution >= 0.6 is 0 Å². The van der Waals surface area contributed by atoms with Crippen LogP contribution in [0.3, 0.4) is 0 Å². The van der Waals surface area contributed by atoms with Gasteiger partial charge in [0, 0.05) is 31.0 Å². The molecular formula is C15H11N2O3-. The number of rotatable bonds is 3. The molecule has 0 fully saturated rings. The van der Waals surface area contributed by atoms with Crippen LogP contribution in [0.4, 0.5) is 0 Å². The minimum atomic E-state index is -1.32. The molecule has 100 valence electrons. The second kappa shape index (κ2) is 4.77. The van der Waals surface area contributed by atoms with E-state index in [-0.39, 0.29) is 17.0 Å². The van der Waals surface area contributed by atoms with Crippen LogP contribution in [0.2, 0.25) is 0 Å².